The fourth-order valence-corrected chi connectivity index (χ4v) is 1.12. The lowest BCUT2D eigenvalue weighted by Gasteiger charge is -2.32. The molecule has 0 atom stereocenters. The van der Waals surface area contributed by atoms with Crippen LogP contribution in [0.1, 0.15) is 19.8 Å². The fourth-order valence-electron chi connectivity index (χ4n) is 1.12. The first-order chi connectivity index (χ1) is 3.83. The molecule has 1 fully saturated rings. The third-order valence-corrected chi connectivity index (χ3v) is 1.67. The van der Waals surface area contributed by atoms with Crippen LogP contribution in [0.3, 0.4) is 0 Å². The van der Waals surface area contributed by atoms with Gasteiger partial charge in [0.25, 0.3) is 0 Å². The second-order valence-corrected chi connectivity index (χ2v) is 2.49. The Labute approximate surface area is 50.4 Å². The summed E-state index contributed by atoms with van der Waals surface area (Å²) in [5, 5.41) is 3.33. The van der Waals surface area contributed by atoms with Crippen LogP contribution in [-0.4, -0.2) is 18.6 Å². The Hall–Kier alpha value is -0.0800. The smallest absolute Gasteiger partial charge is 0.00964 e. The van der Waals surface area contributed by atoms with Crippen molar-refractivity contribution < 1.29 is 0 Å². The highest BCUT2D eigenvalue weighted by Gasteiger charge is 2.23. The van der Waals surface area contributed by atoms with E-state index < -0.39 is 0 Å². The fraction of sp³-hybridized carbons (Fsp3) is 1.00. The van der Waals surface area contributed by atoms with Gasteiger partial charge in [0.05, 0.1) is 0 Å². The summed E-state index contributed by atoms with van der Waals surface area (Å²) in [6.07, 6.45) is 2.35. The van der Waals surface area contributed by atoms with Crippen molar-refractivity contribution in [2.45, 2.75) is 31.8 Å². The van der Waals surface area contributed by atoms with Gasteiger partial charge in [0.2, 0.25) is 0 Å². The van der Waals surface area contributed by atoms with Crippen LogP contribution in [0.2, 0.25) is 0 Å². The summed E-state index contributed by atoms with van der Waals surface area (Å²) in [5.74, 6) is 0. The van der Waals surface area contributed by atoms with Gasteiger partial charge in [-0.05, 0) is 19.4 Å². The van der Waals surface area contributed by atoms with E-state index in [0.29, 0.717) is 6.04 Å². The molecule has 0 unspecified atom stereocenters. The monoisotopic (exact) mass is 114 g/mol. The molecule has 1 aliphatic rings. The molecule has 0 amide bonds. The molecule has 2 nitrogen and oxygen atoms in total. The first-order valence-electron chi connectivity index (χ1n) is 3.32. The zero-order chi connectivity index (χ0) is 5.98. The molecule has 0 heterocycles. The van der Waals surface area contributed by atoms with Gasteiger partial charge < -0.3 is 11.1 Å². The minimum Gasteiger partial charge on any atom is -0.328 e. The average molecular weight is 114 g/mol. The molecule has 0 saturated heterocycles. The van der Waals surface area contributed by atoms with Crippen LogP contribution < -0.4 is 11.1 Å². The first kappa shape index (κ1) is 6.05. The molecule has 0 radical (unpaired) electrons. The molecule has 1 rings (SSSR count). The van der Waals surface area contributed by atoms with E-state index in [2.05, 4.69) is 12.2 Å². The van der Waals surface area contributed by atoms with E-state index in [0.717, 1.165) is 12.6 Å². The van der Waals surface area contributed by atoms with Gasteiger partial charge in [0, 0.05) is 12.1 Å². The second-order valence-electron chi connectivity index (χ2n) is 2.49. The number of hydrogen-bond acceptors (Lipinski definition) is 2. The first-order valence-corrected chi connectivity index (χ1v) is 3.32. The number of hydrogen-bond donors (Lipinski definition) is 2. The lowest BCUT2D eigenvalue weighted by molar-refractivity contribution is 0.297. The van der Waals surface area contributed by atoms with E-state index in [1.807, 2.05) is 0 Å². The highest BCUT2D eigenvalue weighted by molar-refractivity contribution is 4.86. The Morgan fingerprint density at radius 2 is 2.25 bits per heavy atom. The normalized spacial score (nSPS) is 36.8. The number of rotatable bonds is 2. The molecule has 0 aromatic carbocycles. The molecule has 48 valence electrons. The van der Waals surface area contributed by atoms with Crippen molar-refractivity contribution in [3.05, 3.63) is 0 Å². The molecular weight excluding hydrogens is 100 g/mol. The van der Waals surface area contributed by atoms with E-state index in [1.54, 1.807) is 0 Å². The molecule has 0 aromatic rings. The number of nitrogens with two attached hydrogens (primary N) is 1. The molecule has 1 aliphatic carbocycles. The van der Waals surface area contributed by atoms with Crippen LogP contribution in [0.25, 0.3) is 0 Å². The van der Waals surface area contributed by atoms with Gasteiger partial charge in [0.15, 0.2) is 0 Å². The maximum absolute atomic E-state index is 5.56. The summed E-state index contributed by atoms with van der Waals surface area (Å²) in [6.45, 7) is 3.21. The highest BCUT2D eigenvalue weighted by atomic mass is 14.9. The predicted molar refractivity (Wildman–Crippen MR) is 34.7 cm³/mol. The van der Waals surface area contributed by atoms with Crippen LogP contribution in [-0.2, 0) is 0 Å². The Morgan fingerprint density at radius 3 is 2.62 bits per heavy atom. The SMILES string of the molecule is CCN[C@H]1C[C@H](N)C1. The lowest BCUT2D eigenvalue weighted by atomic mass is 9.88. The maximum Gasteiger partial charge on any atom is 0.00964 e. The molecule has 1 saturated carbocycles. The van der Waals surface area contributed by atoms with Crippen molar-refractivity contribution >= 4 is 0 Å². The standard InChI is InChI=1S/C6H14N2/c1-2-8-6-3-5(7)4-6/h5-6,8H,2-4,7H2,1H3/t5-,6-. The maximum atomic E-state index is 5.56. The van der Waals surface area contributed by atoms with E-state index >= 15 is 0 Å². The largest absolute Gasteiger partial charge is 0.328 e. The van der Waals surface area contributed by atoms with Crippen molar-refractivity contribution in [2.24, 2.45) is 5.73 Å². The van der Waals surface area contributed by atoms with Gasteiger partial charge in [0.1, 0.15) is 0 Å². The average Bonchev–Trinajstić information content (AvgIpc) is 1.64. The topological polar surface area (TPSA) is 38.0 Å². The molecule has 0 bridgehead atoms. The van der Waals surface area contributed by atoms with Crippen molar-refractivity contribution in [2.75, 3.05) is 6.54 Å². The van der Waals surface area contributed by atoms with Gasteiger partial charge in [-0.2, -0.15) is 0 Å². The van der Waals surface area contributed by atoms with Crippen molar-refractivity contribution in [3.8, 4) is 0 Å². The minimum atomic E-state index is 0.485. The predicted octanol–water partition coefficient (Wildman–Crippen LogP) is 0.0856. The third-order valence-electron chi connectivity index (χ3n) is 1.67. The zero-order valence-electron chi connectivity index (χ0n) is 5.35. The van der Waals surface area contributed by atoms with Crippen LogP contribution in [0, 0.1) is 0 Å². The van der Waals surface area contributed by atoms with E-state index in [1.165, 1.54) is 12.8 Å². The molecule has 2 heteroatoms. The van der Waals surface area contributed by atoms with Gasteiger partial charge in [-0.1, -0.05) is 6.92 Å². The minimum absolute atomic E-state index is 0.485. The molecule has 0 aromatic heterocycles. The highest BCUT2D eigenvalue weighted by Crippen LogP contribution is 2.16. The van der Waals surface area contributed by atoms with Crippen LogP contribution >= 0.6 is 0 Å². The van der Waals surface area contributed by atoms with E-state index in [9.17, 15) is 0 Å². The summed E-state index contributed by atoms with van der Waals surface area (Å²) in [5.41, 5.74) is 5.56. The molecule has 0 aliphatic heterocycles. The summed E-state index contributed by atoms with van der Waals surface area (Å²) >= 11 is 0. The van der Waals surface area contributed by atoms with Gasteiger partial charge in [-0.3, -0.25) is 0 Å². The molecular formula is C6H14N2. The van der Waals surface area contributed by atoms with E-state index in [4.69, 9.17) is 5.73 Å². The Bertz CT molecular complexity index is 64.2. The van der Waals surface area contributed by atoms with E-state index in [-0.39, 0.29) is 0 Å². The van der Waals surface area contributed by atoms with Crippen molar-refractivity contribution in [1.82, 2.24) is 5.32 Å². The summed E-state index contributed by atoms with van der Waals surface area (Å²) in [6, 6.07) is 1.22. The van der Waals surface area contributed by atoms with Crippen LogP contribution in [0.15, 0.2) is 0 Å². The summed E-state index contributed by atoms with van der Waals surface area (Å²) in [7, 11) is 0. The second kappa shape index (κ2) is 2.46. The quantitative estimate of drug-likeness (QED) is 0.533. The van der Waals surface area contributed by atoms with Gasteiger partial charge in [-0.15, -0.1) is 0 Å². The molecule has 3 N–H and O–H groups in total. The zero-order valence-corrected chi connectivity index (χ0v) is 5.35. The van der Waals surface area contributed by atoms with Crippen LogP contribution in [0.5, 0.6) is 0 Å². The Balaban J connectivity index is 1.98. The third kappa shape index (κ3) is 1.20. The Morgan fingerprint density at radius 1 is 1.62 bits per heavy atom. The van der Waals surface area contributed by atoms with Crippen molar-refractivity contribution in [3.63, 3.8) is 0 Å². The molecule has 8 heavy (non-hydrogen) atoms. The van der Waals surface area contributed by atoms with Gasteiger partial charge in [-0.25, -0.2) is 0 Å². The Kier molecular flexibility index (Phi) is 1.86. The summed E-state index contributed by atoms with van der Waals surface area (Å²) in [4.78, 5) is 0. The van der Waals surface area contributed by atoms with Crippen LogP contribution in [0.4, 0.5) is 0 Å². The molecule has 0 spiro atoms. The summed E-state index contributed by atoms with van der Waals surface area (Å²) < 4.78 is 0. The van der Waals surface area contributed by atoms with Crippen molar-refractivity contribution in [1.29, 1.82) is 0 Å². The van der Waals surface area contributed by atoms with Gasteiger partial charge >= 0.3 is 0 Å². The lowest BCUT2D eigenvalue weighted by Crippen LogP contribution is -2.48. The number of nitrogens with one attached hydrogen (secondary N) is 1.